The van der Waals surface area contributed by atoms with Crippen molar-refractivity contribution in [3.63, 3.8) is 0 Å². The van der Waals surface area contributed by atoms with Gasteiger partial charge in [0.15, 0.2) is 6.23 Å². The van der Waals surface area contributed by atoms with Crippen LogP contribution < -0.4 is 10.6 Å². The molecular formula is C20H24F3N5O2. The van der Waals surface area contributed by atoms with Gasteiger partial charge in [-0.15, -0.1) is 0 Å². The summed E-state index contributed by atoms with van der Waals surface area (Å²) in [5.74, 6) is -0.506. The summed E-state index contributed by atoms with van der Waals surface area (Å²) in [4.78, 5) is 13.3. The minimum absolute atomic E-state index is 0.0197. The van der Waals surface area contributed by atoms with Gasteiger partial charge in [-0.2, -0.15) is 18.3 Å². The molecule has 3 heterocycles. The molecule has 7 nitrogen and oxygen atoms in total. The highest BCUT2D eigenvalue weighted by molar-refractivity contribution is 5.93. The minimum atomic E-state index is -4.32. The lowest BCUT2D eigenvalue weighted by molar-refractivity contribution is -0.209. The van der Waals surface area contributed by atoms with Gasteiger partial charge in [0.25, 0.3) is 0 Å². The lowest BCUT2D eigenvalue weighted by Gasteiger charge is -2.41. The number of hydrogen-bond acceptors (Lipinski definition) is 5. The number of amides is 1. The van der Waals surface area contributed by atoms with E-state index in [4.69, 9.17) is 0 Å². The highest BCUT2D eigenvalue weighted by Gasteiger charge is 2.48. The first kappa shape index (κ1) is 20.7. The second-order valence-electron chi connectivity index (χ2n) is 7.81. The first-order chi connectivity index (χ1) is 14.2. The molecule has 2 aromatic rings. The van der Waals surface area contributed by atoms with Crippen LogP contribution in [0, 0.1) is 6.92 Å². The van der Waals surface area contributed by atoms with Gasteiger partial charge < -0.3 is 15.7 Å². The number of halogens is 3. The monoisotopic (exact) mass is 423 g/mol. The number of aliphatic hydroxyl groups is 1. The number of aromatic nitrogens is 2. The van der Waals surface area contributed by atoms with E-state index < -0.39 is 24.4 Å². The zero-order valence-electron chi connectivity index (χ0n) is 16.5. The minimum Gasteiger partial charge on any atom is -0.369 e. The number of anilines is 2. The summed E-state index contributed by atoms with van der Waals surface area (Å²) in [5.41, 5.74) is 3.65. The van der Waals surface area contributed by atoms with Crippen LogP contribution in [0.5, 0.6) is 0 Å². The molecule has 10 heteroatoms. The zero-order valence-corrected chi connectivity index (χ0v) is 16.5. The first-order valence-corrected chi connectivity index (χ1v) is 9.93. The molecule has 30 heavy (non-hydrogen) atoms. The van der Waals surface area contributed by atoms with Crippen molar-refractivity contribution in [3.05, 3.63) is 41.2 Å². The van der Waals surface area contributed by atoms with Crippen molar-refractivity contribution in [1.29, 1.82) is 0 Å². The molecule has 2 aliphatic rings. The lowest BCUT2D eigenvalue weighted by atomic mass is 10.0. The Labute approximate surface area is 171 Å². The van der Waals surface area contributed by atoms with E-state index in [2.05, 4.69) is 15.7 Å². The van der Waals surface area contributed by atoms with Gasteiger partial charge >= 0.3 is 6.18 Å². The Morgan fingerprint density at radius 2 is 2.17 bits per heavy atom. The fraction of sp³-hybridized carbons (Fsp3) is 0.500. The molecule has 0 spiro atoms. The molecule has 2 aliphatic heterocycles. The topological polar surface area (TPSA) is 82.4 Å². The van der Waals surface area contributed by atoms with Crippen LogP contribution in [0.2, 0.25) is 0 Å². The third-order valence-corrected chi connectivity index (χ3v) is 5.73. The van der Waals surface area contributed by atoms with Crippen molar-refractivity contribution in [2.75, 3.05) is 23.7 Å². The number of carbonyl (C=O) groups is 1. The number of likely N-dealkylation sites (tertiary alicyclic amines) is 1. The number of fused-ring (bicyclic) bond motifs is 1. The molecule has 0 aliphatic carbocycles. The SMILES string of the molecule is Cc1ccc(NC(=O)CN2CCC2C(F)(F)F)cc1NC(O)c1cnn2c1CCC2. The molecule has 1 aromatic heterocycles. The average molecular weight is 423 g/mol. The number of alkyl halides is 3. The highest BCUT2D eigenvalue weighted by atomic mass is 19.4. The number of carbonyl (C=O) groups excluding carboxylic acids is 1. The quantitative estimate of drug-likeness (QED) is 0.623. The van der Waals surface area contributed by atoms with Crippen molar-refractivity contribution in [2.24, 2.45) is 0 Å². The van der Waals surface area contributed by atoms with E-state index in [9.17, 15) is 23.1 Å². The van der Waals surface area contributed by atoms with Crippen molar-refractivity contribution >= 4 is 17.3 Å². The molecule has 1 saturated heterocycles. The Balaban J connectivity index is 1.40. The molecule has 3 N–H and O–H groups in total. The van der Waals surface area contributed by atoms with Gasteiger partial charge in [0, 0.05) is 35.7 Å². The van der Waals surface area contributed by atoms with Gasteiger partial charge in [-0.1, -0.05) is 6.07 Å². The maximum absolute atomic E-state index is 12.8. The highest BCUT2D eigenvalue weighted by Crippen LogP contribution is 2.33. The maximum atomic E-state index is 12.8. The Morgan fingerprint density at radius 1 is 1.37 bits per heavy atom. The van der Waals surface area contributed by atoms with Crippen molar-refractivity contribution < 1.29 is 23.1 Å². The molecule has 0 saturated carbocycles. The van der Waals surface area contributed by atoms with Crippen molar-refractivity contribution in [3.8, 4) is 0 Å². The van der Waals surface area contributed by atoms with Crippen LogP contribution in [0.15, 0.2) is 24.4 Å². The first-order valence-electron chi connectivity index (χ1n) is 9.93. The molecule has 1 amide bonds. The number of hydrogen-bond donors (Lipinski definition) is 3. The van der Waals surface area contributed by atoms with Gasteiger partial charge in [-0.25, -0.2) is 0 Å². The van der Waals surface area contributed by atoms with E-state index in [-0.39, 0.29) is 19.5 Å². The molecule has 0 bridgehead atoms. The maximum Gasteiger partial charge on any atom is 0.404 e. The number of aliphatic hydroxyl groups excluding tert-OH is 1. The summed E-state index contributed by atoms with van der Waals surface area (Å²) in [6, 6.07) is 3.57. The number of nitrogens with zero attached hydrogens (tertiary/aromatic N) is 3. The Bertz CT molecular complexity index is 943. The summed E-state index contributed by atoms with van der Waals surface area (Å²) in [7, 11) is 0. The number of aryl methyl sites for hydroxylation is 2. The summed E-state index contributed by atoms with van der Waals surface area (Å²) in [5, 5.41) is 20.6. The van der Waals surface area contributed by atoms with Gasteiger partial charge in [0.05, 0.1) is 12.7 Å². The second-order valence-corrected chi connectivity index (χ2v) is 7.81. The molecule has 0 radical (unpaired) electrons. The molecule has 2 unspecified atom stereocenters. The van der Waals surface area contributed by atoms with E-state index in [1.54, 1.807) is 24.4 Å². The number of nitrogens with one attached hydrogen (secondary N) is 2. The zero-order chi connectivity index (χ0) is 21.5. The average Bonchev–Trinajstić information content (AvgIpc) is 3.23. The van der Waals surface area contributed by atoms with Crippen LogP contribution in [0.1, 0.15) is 35.9 Å². The van der Waals surface area contributed by atoms with E-state index in [0.29, 0.717) is 11.4 Å². The number of benzene rings is 1. The summed E-state index contributed by atoms with van der Waals surface area (Å²) < 4.78 is 40.4. The fourth-order valence-corrected chi connectivity index (χ4v) is 3.98. The third kappa shape index (κ3) is 4.15. The Hall–Kier alpha value is -2.59. The molecule has 2 atom stereocenters. The Kier molecular flexibility index (Phi) is 5.46. The second kappa shape index (κ2) is 7.92. The van der Waals surface area contributed by atoms with E-state index in [0.717, 1.165) is 41.1 Å². The van der Waals surface area contributed by atoms with Gasteiger partial charge in [0.1, 0.15) is 6.04 Å². The molecule has 1 aromatic carbocycles. The van der Waals surface area contributed by atoms with Crippen LogP contribution >= 0.6 is 0 Å². The largest absolute Gasteiger partial charge is 0.404 e. The van der Waals surface area contributed by atoms with Crippen LogP contribution in [0.4, 0.5) is 24.5 Å². The van der Waals surface area contributed by atoms with Crippen LogP contribution in [-0.4, -0.2) is 51.0 Å². The fourth-order valence-electron chi connectivity index (χ4n) is 3.98. The van der Waals surface area contributed by atoms with Crippen LogP contribution in [-0.2, 0) is 17.8 Å². The predicted octanol–water partition coefficient (Wildman–Crippen LogP) is 2.82. The van der Waals surface area contributed by atoms with Crippen LogP contribution in [0.3, 0.4) is 0 Å². The lowest BCUT2D eigenvalue weighted by Crippen LogP contribution is -2.57. The summed E-state index contributed by atoms with van der Waals surface area (Å²) in [6.45, 7) is 2.64. The van der Waals surface area contributed by atoms with Gasteiger partial charge in [0.2, 0.25) is 5.91 Å². The molecular weight excluding hydrogens is 399 g/mol. The van der Waals surface area contributed by atoms with Crippen molar-refractivity contribution in [2.45, 2.75) is 51.2 Å². The molecule has 162 valence electrons. The number of rotatable bonds is 6. The van der Waals surface area contributed by atoms with Crippen molar-refractivity contribution in [1.82, 2.24) is 14.7 Å². The summed E-state index contributed by atoms with van der Waals surface area (Å²) >= 11 is 0. The third-order valence-electron chi connectivity index (χ3n) is 5.73. The normalized spacial score (nSPS) is 19.8. The van der Waals surface area contributed by atoms with E-state index in [1.807, 2.05) is 11.6 Å². The van der Waals surface area contributed by atoms with Gasteiger partial charge in [-0.3, -0.25) is 14.4 Å². The predicted molar refractivity (Wildman–Crippen MR) is 105 cm³/mol. The van der Waals surface area contributed by atoms with E-state index >= 15 is 0 Å². The Morgan fingerprint density at radius 3 is 2.87 bits per heavy atom. The smallest absolute Gasteiger partial charge is 0.369 e. The van der Waals surface area contributed by atoms with Crippen LogP contribution in [0.25, 0.3) is 0 Å². The summed E-state index contributed by atoms with van der Waals surface area (Å²) in [6.07, 6.45) is -1.74. The molecule has 4 rings (SSSR count). The van der Waals surface area contributed by atoms with E-state index in [1.165, 1.54) is 0 Å². The standard InChI is InChI=1S/C20H24F3N5O2/c1-12-4-5-13(25-18(29)11-27-8-6-17(27)20(21,22)23)9-15(12)26-19(30)14-10-24-28-7-2-3-16(14)28/h4-5,9-10,17,19,26,30H,2-3,6-8,11H2,1H3,(H,25,29). The van der Waals surface area contributed by atoms with Gasteiger partial charge in [-0.05, 0) is 43.9 Å². The molecule has 1 fully saturated rings.